The predicted molar refractivity (Wildman–Crippen MR) is 66.3 cm³/mol. The Kier molecular flexibility index (Phi) is 5.34. The van der Waals surface area contributed by atoms with Crippen LogP contribution in [0.2, 0.25) is 0 Å². The molecule has 1 N–H and O–H groups in total. The molecule has 0 aromatic heterocycles. The van der Waals surface area contributed by atoms with Crippen molar-refractivity contribution in [1.82, 2.24) is 0 Å². The summed E-state index contributed by atoms with van der Waals surface area (Å²) in [7, 11) is 0. The van der Waals surface area contributed by atoms with Gasteiger partial charge in [0.1, 0.15) is 0 Å². The van der Waals surface area contributed by atoms with E-state index < -0.39 is 5.97 Å². The normalized spacial score (nSPS) is 10.0. The number of hydrogen-bond acceptors (Lipinski definition) is 1. The van der Waals surface area contributed by atoms with Crippen molar-refractivity contribution < 1.29 is 9.90 Å². The van der Waals surface area contributed by atoms with Crippen LogP contribution in [-0.4, -0.2) is 11.1 Å². The zero-order valence-electron chi connectivity index (χ0n) is 9.48. The Morgan fingerprint density at radius 1 is 1.25 bits per heavy atom. The topological polar surface area (TPSA) is 37.3 Å². The van der Waals surface area contributed by atoms with E-state index in [2.05, 4.69) is 18.7 Å². The van der Waals surface area contributed by atoms with Gasteiger partial charge in [0.05, 0.1) is 0 Å². The third-order valence-electron chi connectivity index (χ3n) is 2.61. The van der Waals surface area contributed by atoms with E-state index in [4.69, 9.17) is 5.11 Å². The lowest BCUT2D eigenvalue weighted by Gasteiger charge is -2.05. The van der Waals surface area contributed by atoms with E-state index in [1.807, 2.05) is 18.2 Å². The Morgan fingerprint density at radius 3 is 2.69 bits per heavy atom. The van der Waals surface area contributed by atoms with Gasteiger partial charge in [-0.2, -0.15) is 0 Å². The van der Waals surface area contributed by atoms with E-state index >= 15 is 0 Å². The smallest absolute Gasteiger partial charge is 0.303 e. The van der Waals surface area contributed by atoms with Crippen LogP contribution in [-0.2, 0) is 11.2 Å². The molecule has 1 aromatic rings. The van der Waals surface area contributed by atoms with Crippen LogP contribution in [0.4, 0.5) is 0 Å². The van der Waals surface area contributed by atoms with Gasteiger partial charge in [0.2, 0.25) is 0 Å². The first kappa shape index (κ1) is 12.5. The summed E-state index contributed by atoms with van der Waals surface area (Å²) < 4.78 is 0. The Hall–Kier alpha value is -1.57. The first-order valence-corrected chi connectivity index (χ1v) is 5.66. The maximum absolute atomic E-state index is 10.3. The van der Waals surface area contributed by atoms with Gasteiger partial charge in [0.25, 0.3) is 0 Å². The third-order valence-corrected chi connectivity index (χ3v) is 2.61. The molecule has 0 heterocycles. The fraction of sp³-hybridized carbons (Fsp3) is 0.357. The van der Waals surface area contributed by atoms with Crippen LogP contribution in [0.25, 0.3) is 6.08 Å². The summed E-state index contributed by atoms with van der Waals surface area (Å²) in [5, 5.41) is 8.50. The van der Waals surface area contributed by atoms with Crippen LogP contribution in [0.15, 0.2) is 30.8 Å². The summed E-state index contributed by atoms with van der Waals surface area (Å²) in [5.41, 5.74) is 2.48. The SMILES string of the molecule is C=Cc1ccccc1CCCCCC(=O)O. The molecule has 0 saturated carbocycles. The maximum Gasteiger partial charge on any atom is 0.303 e. The molecule has 0 saturated heterocycles. The highest BCUT2D eigenvalue weighted by atomic mass is 16.4. The van der Waals surface area contributed by atoms with Crippen molar-refractivity contribution in [2.75, 3.05) is 0 Å². The minimum atomic E-state index is -0.702. The number of hydrogen-bond donors (Lipinski definition) is 1. The van der Waals surface area contributed by atoms with Crippen LogP contribution in [0.1, 0.15) is 36.8 Å². The Balaban J connectivity index is 2.31. The van der Waals surface area contributed by atoms with Crippen molar-refractivity contribution in [2.24, 2.45) is 0 Å². The quantitative estimate of drug-likeness (QED) is 0.711. The third kappa shape index (κ3) is 4.30. The molecule has 0 bridgehead atoms. The number of benzene rings is 1. The summed E-state index contributed by atoms with van der Waals surface area (Å²) in [5.74, 6) is -0.702. The molecule has 0 amide bonds. The van der Waals surface area contributed by atoms with Crippen molar-refractivity contribution >= 4 is 12.0 Å². The summed E-state index contributed by atoms with van der Waals surface area (Å²) in [6.45, 7) is 3.78. The monoisotopic (exact) mass is 218 g/mol. The van der Waals surface area contributed by atoms with Crippen molar-refractivity contribution in [3.8, 4) is 0 Å². The molecule has 0 unspecified atom stereocenters. The number of rotatable bonds is 7. The largest absolute Gasteiger partial charge is 0.481 e. The van der Waals surface area contributed by atoms with Gasteiger partial charge in [-0.25, -0.2) is 0 Å². The Bertz CT molecular complexity index is 356. The van der Waals surface area contributed by atoms with E-state index in [-0.39, 0.29) is 6.42 Å². The maximum atomic E-state index is 10.3. The van der Waals surface area contributed by atoms with Gasteiger partial charge in [-0.3, -0.25) is 4.79 Å². The van der Waals surface area contributed by atoms with Crippen molar-refractivity contribution in [3.63, 3.8) is 0 Å². The lowest BCUT2D eigenvalue weighted by Crippen LogP contribution is -1.95. The first-order chi connectivity index (χ1) is 7.74. The van der Waals surface area contributed by atoms with Gasteiger partial charge >= 0.3 is 5.97 Å². The fourth-order valence-corrected chi connectivity index (χ4v) is 1.73. The van der Waals surface area contributed by atoms with E-state index in [1.165, 1.54) is 11.1 Å². The van der Waals surface area contributed by atoms with E-state index in [0.717, 1.165) is 25.7 Å². The molecular formula is C14H18O2. The van der Waals surface area contributed by atoms with Crippen LogP contribution in [0.5, 0.6) is 0 Å². The van der Waals surface area contributed by atoms with Crippen LogP contribution in [0, 0.1) is 0 Å². The van der Waals surface area contributed by atoms with Crippen LogP contribution in [0.3, 0.4) is 0 Å². The number of carboxylic acids is 1. The molecule has 0 aliphatic rings. The van der Waals surface area contributed by atoms with Gasteiger partial charge in [0.15, 0.2) is 0 Å². The van der Waals surface area contributed by atoms with Gasteiger partial charge in [-0.15, -0.1) is 0 Å². The van der Waals surface area contributed by atoms with Gasteiger partial charge in [-0.05, 0) is 30.4 Å². The average Bonchev–Trinajstić information content (AvgIpc) is 2.29. The molecule has 0 spiro atoms. The zero-order chi connectivity index (χ0) is 11.8. The second-order valence-corrected chi connectivity index (χ2v) is 3.86. The lowest BCUT2D eigenvalue weighted by atomic mass is 10.0. The predicted octanol–water partition coefficient (Wildman–Crippen LogP) is 3.52. The molecule has 16 heavy (non-hydrogen) atoms. The molecule has 2 heteroatoms. The molecule has 0 radical (unpaired) electrons. The molecule has 0 atom stereocenters. The highest BCUT2D eigenvalue weighted by Gasteiger charge is 1.99. The van der Waals surface area contributed by atoms with Gasteiger partial charge in [0, 0.05) is 6.42 Å². The summed E-state index contributed by atoms with van der Waals surface area (Å²) in [4.78, 5) is 10.3. The highest BCUT2D eigenvalue weighted by Crippen LogP contribution is 2.14. The molecule has 86 valence electrons. The van der Waals surface area contributed by atoms with Crippen molar-refractivity contribution in [3.05, 3.63) is 42.0 Å². The second-order valence-electron chi connectivity index (χ2n) is 3.86. The van der Waals surface area contributed by atoms with E-state index in [1.54, 1.807) is 0 Å². The van der Waals surface area contributed by atoms with Crippen LogP contribution >= 0.6 is 0 Å². The molecule has 1 rings (SSSR count). The molecule has 1 aromatic carbocycles. The fourth-order valence-electron chi connectivity index (χ4n) is 1.73. The van der Waals surface area contributed by atoms with Crippen molar-refractivity contribution in [1.29, 1.82) is 0 Å². The molecule has 0 aliphatic heterocycles. The van der Waals surface area contributed by atoms with Crippen LogP contribution < -0.4 is 0 Å². The first-order valence-electron chi connectivity index (χ1n) is 5.66. The minimum absolute atomic E-state index is 0.281. The van der Waals surface area contributed by atoms with E-state index in [9.17, 15) is 4.79 Å². The van der Waals surface area contributed by atoms with Gasteiger partial charge in [-0.1, -0.05) is 43.3 Å². The molecule has 0 fully saturated rings. The Labute approximate surface area is 96.6 Å². The highest BCUT2D eigenvalue weighted by molar-refractivity contribution is 5.66. The molecule has 0 aliphatic carbocycles. The number of unbranched alkanes of at least 4 members (excludes halogenated alkanes) is 2. The minimum Gasteiger partial charge on any atom is -0.481 e. The standard InChI is InChI=1S/C14H18O2/c1-2-12-8-6-7-10-13(12)9-4-3-5-11-14(15)16/h2,6-8,10H,1,3-5,9,11H2,(H,15,16). The molecule has 2 nitrogen and oxygen atoms in total. The van der Waals surface area contributed by atoms with Crippen molar-refractivity contribution in [2.45, 2.75) is 32.1 Å². The lowest BCUT2D eigenvalue weighted by molar-refractivity contribution is -0.137. The molecular weight excluding hydrogens is 200 g/mol. The summed E-state index contributed by atoms with van der Waals surface area (Å²) >= 11 is 0. The number of carboxylic acid groups (broad SMARTS) is 1. The van der Waals surface area contributed by atoms with Gasteiger partial charge < -0.3 is 5.11 Å². The zero-order valence-corrected chi connectivity index (χ0v) is 9.48. The average molecular weight is 218 g/mol. The van der Waals surface area contributed by atoms with E-state index in [0.29, 0.717) is 0 Å². The summed E-state index contributed by atoms with van der Waals surface area (Å²) in [6, 6.07) is 8.19. The Morgan fingerprint density at radius 2 is 2.00 bits per heavy atom. The number of aryl methyl sites for hydroxylation is 1. The number of carbonyl (C=O) groups is 1. The second kappa shape index (κ2) is 6.83. The summed E-state index contributed by atoms with van der Waals surface area (Å²) in [6.07, 6.45) is 5.93. The number of aliphatic carboxylic acids is 1.